The zero-order chi connectivity index (χ0) is 20.1. The molecule has 1 saturated carbocycles. The Balaban J connectivity index is 1.69. The second-order valence-corrected chi connectivity index (χ2v) is 10.7. The number of carbonyl (C=O) groups excluding carboxylic acids is 1. The Labute approximate surface area is 163 Å². The maximum atomic E-state index is 12.3. The molecule has 0 aromatic heterocycles. The molecule has 2 rings (SSSR count). The summed E-state index contributed by atoms with van der Waals surface area (Å²) in [6, 6.07) is 7.72. The predicted octanol–water partition coefficient (Wildman–Crippen LogP) is 2.77. The number of hydrogen-bond acceptors (Lipinski definition) is 4. The van der Waals surface area contributed by atoms with Gasteiger partial charge in [0.05, 0.1) is 11.3 Å². The summed E-state index contributed by atoms with van der Waals surface area (Å²) >= 11 is 0. The minimum atomic E-state index is -3.35. The van der Waals surface area contributed by atoms with Crippen LogP contribution in [0.5, 0.6) is 5.75 Å². The Morgan fingerprint density at radius 3 is 2.44 bits per heavy atom. The molecule has 0 spiro atoms. The lowest BCUT2D eigenvalue weighted by molar-refractivity contribution is -0.126. The fraction of sp³-hybridized carbons (Fsp3) is 0.650. The van der Waals surface area contributed by atoms with Crippen molar-refractivity contribution in [3.8, 4) is 5.75 Å². The molecule has 2 N–H and O–H groups in total. The summed E-state index contributed by atoms with van der Waals surface area (Å²) < 4.78 is 32.1. The van der Waals surface area contributed by atoms with Crippen LogP contribution in [0.3, 0.4) is 0 Å². The third kappa shape index (κ3) is 6.50. The zero-order valence-corrected chi connectivity index (χ0v) is 17.6. The van der Waals surface area contributed by atoms with Crippen LogP contribution in [0.2, 0.25) is 0 Å². The van der Waals surface area contributed by atoms with Crippen LogP contribution in [0.4, 0.5) is 0 Å². The molecule has 152 valence electrons. The van der Waals surface area contributed by atoms with Crippen molar-refractivity contribution in [2.45, 2.75) is 64.2 Å². The number of amides is 1. The van der Waals surface area contributed by atoms with Crippen molar-refractivity contribution in [3.05, 3.63) is 29.8 Å². The number of benzene rings is 1. The number of nitrogens with one attached hydrogen (secondary N) is 2. The molecule has 1 aliphatic carbocycles. The minimum absolute atomic E-state index is 0.0278. The molecule has 1 fully saturated rings. The van der Waals surface area contributed by atoms with Gasteiger partial charge in [0.15, 0.2) is 0 Å². The summed E-state index contributed by atoms with van der Waals surface area (Å²) in [6.07, 6.45) is 2.77. The molecule has 0 heterocycles. The molecule has 7 heteroatoms. The number of aryl methyl sites for hydroxylation is 1. The number of carbonyl (C=O) groups is 1. The lowest BCUT2D eigenvalue weighted by Gasteiger charge is -2.30. The maximum Gasteiger partial charge on any atom is 0.223 e. The standard InChI is InChI=1S/C20H32N2O4S/c1-15-6-5-7-18(14-15)26-13-12-21-19(23)16-8-10-17(11-9-16)22-27(24,25)20(2,3)4/h5-7,14,16-17,22H,8-13H2,1-4H3,(H,21,23). The highest BCUT2D eigenvalue weighted by atomic mass is 32.2. The zero-order valence-electron chi connectivity index (χ0n) is 16.7. The number of ether oxygens (including phenoxy) is 1. The summed E-state index contributed by atoms with van der Waals surface area (Å²) in [7, 11) is -3.35. The van der Waals surface area contributed by atoms with E-state index >= 15 is 0 Å². The first-order chi connectivity index (χ1) is 12.6. The van der Waals surface area contributed by atoms with E-state index in [1.165, 1.54) is 0 Å². The third-order valence-corrected chi connectivity index (χ3v) is 7.14. The lowest BCUT2D eigenvalue weighted by atomic mass is 9.86. The summed E-state index contributed by atoms with van der Waals surface area (Å²) in [5.74, 6) is 0.773. The van der Waals surface area contributed by atoms with Crippen LogP contribution in [0.15, 0.2) is 24.3 Å². The Bertz CT molecular complexity index is 733. The van der Waals surface area contributed by atoms with Gasteiger partial charge in [0, 0.05) is 12.0 Å². The van der Waals surface area contributed by atoms with Gasteiger partial charge in [-0.25, -0.2) is 13.1 Å². The van der Waals surface area contributed by atoms with E-state index in [0.717, 1.165) is 11.3 Å². The van der Waals surface area contributed by atoms with Crippen LogP contribution in [0, 0.1) is 12.8 Å². The van der Waals surface area contributed by atoms with E-state index < -0.39 is 14.8 Å². The molecule has 1 aromatic carbocycles. The molecule has 1 aromatic rings. The molecule has 0 saturated heterocycles. The van der Waals surface area contributed by atoms with Crippen LogP contribution < -0.4 is 14.8 Å². The Morgan fingerprint density at radius 1 is 1.19 bits per heavy atom. The smallest absolute Gasteiger partial charge is 0.223 e. The van der Waals surface area contributed by atoms with Crippen molar-refractivity contribution in [1.82, 2.24) is 10.0 Å². The predicted molar refractivity (Wildman–Crippen MR) is 107 cm³/mol. The lowest BCUT2D eigenvalue weighted by Crippen LogP contribution is -2.46. The molecular formula is C20H32N2O4S. The SMILES string of the molecule is Cc1cccc(OCCNC(=O)C2CCC(NS(=O)(=O)C(C)(C)C)CC2)c1. The molecule has 1 amide bonds. The number of sulfonamides is 1. The average molecular weight is 397 g/mol. The number of hydrogen-bond donors (Lipinski definition) is 2. The van der Waals surface area contributed by atoms with E-state index in [4.69, 9.17) is 4.74 Å². The van der Waals surface area contributed by atoms with Crippen LogP contribution >= 0.6 is 0 Å². The van der Waals surface area contributed by atoms with E-state index in [0.29, 0.717) is 38.8 Å². The van der Waals surface area contributed by atoms with Gasteiger partial charge in [-0.3, -0.25) is 4.79 Å². The minimum Gasteiger partial charge on any atom is -0.492 e. The van der Waals surface area contributed by atoms with Crippen LogP contribution in [-0.2, 0) is 14.8 Å². The van der Waals surface area contributed by atoms with Gasteiger partial charge in [0.25, 0.3) is 0 Å². The Kier molecular flexibility index (Phi) is 7.28. The molecule has 0 aliphatic heterocycles. The van der Waals surface area contributed by atoms with Crippen molar-refractivity contribution in [2.75, 3.05) is 13.2 Å². The monoisotopic (exact) mass is 396 g/mol. The Morgan fingerprint density at radius 2 is 1.85 bits per heavy atom. The molecule has 0 atom stereocenters. The highest BCUT2D eigenvalue weighted by Gasteiger charge is 2.33. The van der Waals surface area contributed by atoms with E-state index in [2.05, 4.69) is 10.0 Å². The van der Waals surface area contributed by atoms with E-state index in [1.807, 2.05) is 31.2 Å². The van der Waals surface area contributed by atoms with Gasteiger partial charge < -0.3 is 10.1 Å². The van der Waals surface area contributed by atoms with Crippen LogP contribution in [-0.4, -0.2) is 38.3 Å². The van der Waals surface area contributed by atoms with Gasteiger partial charge in [-0.05, 0) is 71.1 Å². The number of rotatable bonds is 7. The fourth-order valence-corrected chi connectivity index (χ4v) is 4.09. The highest BCUT2D eigenvalue weighted by molar-refractivity contribution is 7.90. The second kappa shape index (κ2) is 9.06. The van der Waals surface area contributed by atoms with Gasteiger partial charge >= 0.3 is 0 Å². The van der Waals surface area contributed by atoms with Crippen molar-refractivity contribution in [1.29, 1.82) is 0 Å². The van der Waals surface area contributed by atoms with Gasteiger partial charge in [-0.2, -0.15) is 0 Å². The first-order valence-electron chi connectivity index (χ1n) is 9.57. The van der Waals surface area contributed by atoms with E-state index in [1.54, 1.807) is 20.8 Å². The third-order valence-electron chi connectivity index (χ3n) is 4.89. The average Bonchev–Trinajstić information content (AvgIpc) is 2.58. The molecule has 6 nitrogen and oxygen atoms in total. The summed E-state index contributed by atoms with van der Waals surface area (Å²) in [4.78, 5) is 12.3. The quantitative estimate of drug-likeness (QED) is 0.694. The molecule has 0 bridgehead atoms. The van der Waals surface area contributed by atoms with Crippen molar-refractivity contribution in [3.63, 3.8) is 0 Å². The molecule has 1 aliphatic rings. The topological polar surface area (TPSA) is 84.5 Å². The summed E-state index contributed by atoms with van der Waals surface area (Å²) in [5.41, 5.74) is 1.13. The van der Waals surface area contributed by atoms with Gasteiger partial charge in [0.1, 0.15) is 12.4 Å². The van der Waals surface area contributed by atoms with Crippen LogP contribution in [0.25, 0.3) is 0 Å². The van der Waals surface area contributed by atoms with Crippen molar-refractivity contribution in [2.24, 2.45) is 5.92 Å². The van der Waals surface area contributed by atoms with Crippen molar-refractivity contribution >= 4 is 15.9 Å². The fourth-order valence-electron chi connectivity index (χ4n) is 3.06. The molecule has 0 radical (unpaired) electrons. The maximum absolute atomic E-state index is 12.3. The largest absolute Gasteiger partial charge is 0.492 e. The normalized spacial score (nSPS) is 20.9. The van der Waals surface area contributed by atoms with Crippen molar-refractivity contribution < 1.29 is 17.9 Å². The van der Waals surface area contributed by atoms with Gasteiger partial charge in [-0.15, -0.1) is 0 Å². The summed E-state index contributed by atoms with van der Waals surface area (Å²) in [6.45, 7) is 7.96. The van der Waals surface area contributed by atoms with Gasteiger partial charge in [-0.1, -0.05) is 12.1 Å². The first-order valence-corrected chi connectivity index (χ1v) is 11.1. The van der Waals surface area contributed by atoms with E-state index in [9.17, 15) is 13.2 Å². The first kappa shape index (κ1) is 21.7. The van der Waals surface area contributed by atoms with E-state index in [-0.39, 0.29) is 17.9 Å². The summed E-state index contributed by atoms with van der Waals surface area (Å²) in [5, 5.41) is 2.92. The molecule has 27 heavy (non-hydrogen) atoms. The van der Waals surface area contributed by atoms with Gasteiger partial charge in [0.2, 0.25) is 15.9 Å². The second-order valence-electron chi connectivity index (χ2n) is 8.24. The van der Waals surface area contributed by atoms with Crippen LogP contribution in [0.1, 0.15) is 52.0 Å². The highest BCUT2D eigenvalue weighted by Crippen LogP contribution is 2.26. The molecule has 0 unspecified atom stereocenters. The molecular weight excluding hydrogens is 364 g/mol. The Hall–Kier alpha value is -1.60.